The first kappa shape index (κ1) is 9.77. The molecule has 1 aromatic heterocycles. The summed E-state index contributed by atoms with van der Waals surface area (Å²) in [5, 5.41) is 7.84. The van der Waals surface area contributed by atoms with E-state index >= 15 is 0 Å². The zero-order valence-corrected chi connectivity index (χ0v) is 8.36. The maximum Gasteiger partial charge on any atom is 0.151 e. The average Bonchev–Trinajstić information content (AvgIpc) is 2.09. The van der Waals surface area contributed by atoms with Gasteiger partial charge in [0.15, 0.2) is 5.82 Å². The predicted octanol–water partition coefficient (Wildman–Crippen LogP) is 1.29. The molecule has 0 aliphatic heterocycles. The third-order valence-corrected chi connectivity index (χ3v) is 1.93. The van der Waals surface area contributed by atoms with Gasteiger partial charge < -0.3 is 10.6 Å². The number of nitrogen functional groups attached to an aromatic ring is 1. The molecule has 0 amide bonds. The molecular weight excluding hydrogens is 164 g/mol. The molecule has 4 heteroatoms. The molecule has 0 aromatic carbocycles. The van der Waals surface area contributed by atoms with Crippen LogP contribution in [0.25, 0.3) is 0 Å². The van der Waals surface area contributed by atoms with E-state index in [4.69, 9.17) is 5.73 Å². The van der Waals surface area contributed by atoms with E-state index in [9.17, 15) is 0 Å². The van der Waals surface area contributed by atoms with Gasteiger partial charge in [-0.3, -0.25) is 0 Å². The topological polar surface area (TPSA) is 55.0 Å². The monoisotopic (exact) mass is 180 g/mol. The van der Waals surface area contributed by atoms with Crippen LogP contribution in [0, 0.1) is 0 Å². The fourth-order valence-corrected chi connectivity index (χ4v) is 1.28. The molecule has 0 saturated carbocycles. The minimum atomic E-state index is 0.433. The highest BCUT2D eigenvalue weighted by molar-refractivity contribution is 5.41. The van der Waals surface area contributed by atoms with Crippen LogP contribution in [0.3, 0.4) is 0 Å². The Bertz CT molecular complexity index is 255. The van der Waals surface area contributed by atoms with Gasteiger partial charge >= 0.3 is 0 Å². The minimum Gasteiger partial charge on any atom is -0.382 e. The maximum absolute atomic E-state index is 5.45. The largest absolute Gasteiger partial charge is 0.382 e. The Morgan fingerprint density at radius 1 is 1.38 bits per heavy atom. The highest BCUT2D eigenvalue weighted by Crippen LogP contribution is 2.12. The predicted molar refractivity (Wildman–Crippen MR) is 54.6 cm³/mol. The molecule has 13 heavy (non-hydrogen) atoms. The number of nitrogens with two attached hydrogens (primary N) is 1. The SMILES string of the molecule is CCN(c1ccc(N)nn1)C(C)C. The Labute approximate surface area is 78.8 Å². The molecule has 0 spiro atoms. The van der Waals surface area contributed by atoms with Gasteiger partial charge in [-0.15, -0.1) is 10.2 Å². The van der Waals surface area contributed by atoms with Crippen LogP contribution in [-0.4, -0.2) is 22.8 Å². The fourth-order valence-electron chi connectivity index (χ4n) is 1.28. The second-order valence-electron chi connectivity index (χ2n) is 3.20. The van der Waals surface area contributed by atoms with E-state index in [-0.39, 0.29) is 0 Å². The third-order valence-electron chi connectivity index (χ3n) is 1.93. The smallest absolute Gasteiger partial charge is 0.151 e. The van der Waals surface area contributed by atoms with Crippen molar-refractivity contribution in [1.82, 2.24) is 10.2 Å². The highest BCUT2D eigenvalue weighted by atomic mass is 15.3. The first-order valence-corrected chi connectivity index (χ1v) is 4.51. The summed E-state index contributed by atoms with van der Waals surface area (Å²) in [6.07, 6.45) is 0. The van der Waals surface area contributed by atoms with E-state index in [0.717, 1.165) is 12.4 Å². The van der Waals surface area contributed by atoms with Gasteiger partial charge in [0.2, 0.25) is 0 Å². The van der Waals surface area contributed by atoms with Crippen LogP contribution >= 0.6 is 0 Å². The molecule has 0 radical (unpaired) electrons. The number of nitrogens with zero attached hydrogens (tertiary/aromatic N) is 3. The lowest BCUT2D eigenvalue weighted by atomic mass is 10.3. The summed E-state index contributed by atoms with van der Waals surface area (Å²) >= 11 is 0. The summed E-state index contributed by atoms with van der Waals surface area (Å²) in [7, 11) is 0. The summed E-state index contributed by atoms with van der Waals surface area (Å²) in [5.41, 5.74) is 5.45. The lowest BCUT2D eigenvalue weighted by Gasteiger charge is -2.25. The average molecular weight is 180 g/mol. The van der Waals surface area contributed by atoms with Crippen molar-refractivity contribution in [3.05, 3.63) is 12.1 Å². The van der Waals surface area contributed by atoms with Gasteiger partial charge in [-0.2, -0.15) is 0 Å². The van der Waals surface area contributed by atoms with Crippen molar-refractivity contribution in [2.75, 3.05) is 17.2 Å². The van der Waals surface area contributed by atoms with Crippen LogP contribution in [0.1, 0.15) is 20.8 Å². The Morgan fingerprint density at radius 3 is 2.46 bits per heavy atom. The minimum absolute atomic E-state index is 0.433. The van der Waals surface area contributed by atoms with Crippen molar-refractivity contribution >= 4 is 11.6 Å². The number of anilines is 2. The van der Waals surface area contributed by atoms with Gasteiger partial charge in [0.1, 0.15) is 5.82 Å². The standard InChI is InChI=1S/C9H16N4/c1-4-13(7(2)3)9-6-5-8(10)11-12-9/h5-7H,4H2,1-3H3,(H2,10,11). The quantitative estimate of drug-likeness (QED) is 0.761. The van der Waals surface area contributed by atoms with Gasteiger partial charge in [-0.05, 0) is 32.9 Å². The zero-order chi connectivity index (χ0) is 9.84. The van der Waals surface area contributed by atoms with Crippen molar-refractivity contribution in [1.29, 1.82) is 0 Å². The summed E-state index contributed by atoms with van der Waals surface area (Å²) < 4.78 is 0. The van der Waals surface area contributed by atoms with E-state index in [1.165, 1.54) is 0 Å². The molecule has 0 aliphatic rings. The molecule has 4 nitrogen and oxygen atoms in total. The molecule has 2 N–H and O–H groups in total. The first-order valence-electron chi connectivity index (χ1n) is 4.51. The van der Waals surface area contributed by atoms with Crippen LogP contribution in [0.2, 0.25) is 0 Å². The summed E-state index contributed by atoms with van der Waals surface area (Å²) in [4.78, 5) is 2.16. The van der Waals surface area contributed by atoms with E-state index in [0.29, 0.717) is 11.9 Å². The van der Waals surface area contributed by atoms with Gasteiger partial charge in [0, 0.05) is 12.6 Å². The van der Waals surface area contributed by atoms with Gasteiger partial charge in [0.05, 0.1) is 0 Å². The van der Waals surface area contributed by atoms with Crippen LogP contribution in [0.4, 0.5) is 11.6 Å². The van der Waals surface area contributed by atoms with Gasteiger partial charge in [-0.25, -0.2) is 0 Å². The molecule has 1 heterocycles. The molecule has 1 aromatic rings. The summed E-state index contributed by atoms with van der Waals surface area (Å²) in [6, 6.07) is 4.10. The summed E-state index contributed by atoms with van der Waals surface area (Å²) in [5.74, 6) is 1.34. The van der Waals surface area contributed by atoms with Gasteiger partial charge in [0.25, 0.3) is 0 Å². The van der Waals surface area contributed by atoms with E-state index in [1.54, 1.807) is 6.07 Å². The van der Waals surface area contributed by atoms with Crippen molar-refractivity contribution < 1.29 is 0 Å². The number of rotatable bonds is 3. The lowest BCUT2D eigenvalue weighted by Crippen LogP contribution is -2.31. The van der Waals surface area contributed by atoms with Gasteiger partial charge in [-0.1, -0.05) is 0 Å². The Morgan fingerprint density at radius 2 is 2.08 bits per heavy atom. The fraction of sp³-hybridized carbons (Fsp3) is 0.556. The molecule has 0 atom stereocenters. The molecule has 0 aliphatic carbocycles. The Hall–Kier alpha value is -1.32. The molecule has 0 bridgehead atoms. The van der Waals surface area contributed by atoms with Crippen LogP contribution < -0.4 is 10.6 Å². The van der Waals surface area contributed by atoms with E-state index in [1.807, 2.05) is 6.07 Å². The van der Waals surface area contributed by atoms with Crippen LogP contribution in [0.15, 0.2) is 12.1 Å². The third kappa shape index (κ3) is 2.31. The van der Waals surface area contributed by atoms with Crippen LogP contribution in [-0.2, 0) is 0 Å². The molecule has 0 fully saturated rings. The van der Waals surface area contributed by atoms with Crippen LogP contribution in [0.5, 0.6) is 0 Å². The van der Waals surface area contributed by atoms with Crippen molar-refractivity contribution in [3.8, 4) is 0 Å². The molecule has 0 saturated heterocycles. The second kappa shape index (κ2) is 4.07. The van der Waals surface area contributed by atoms with E-state index in [2.05, 4.69) is 35.9 Å². The first-order chi connectivity index (χ1) is 6.15. The van der Waals surface area contributed by atoms with Crippen molar-refractivity contribution in [3.63, 3.8) is 0 Å². The maximum atomic E-state index is 5.45. The molecule has 0 unspecified atom stereocenters. The molecule has 72 valence electrons. The van der Waals surface area contributed by atoms with E-state index < -0.39 is 0 Å². The Kier molecular flexibility index (Phi) is 3.06. The van der Waals surface area contributed by atoms with Crippen molar-refractivity contribution in [2.45, 2.75) is 26.8 Å². The number of hydrogen-bond acceptors (Lipinski definition) is 4. The lowest BCUT2D eigenvalue weighted by molar-refractivity contribution is 0.687. The number of aromatic nitrogens is 2. The second-order valence-corrected chi connectivity index (χ2v) is 3.20. The Balaban J connectivity index is 2.86. The van der Waals surface area contributed by atoms with Crippen molar-refractivity contribution in [2.24, 2.45) is 0 Å². The normalized spacial score (nSPS) is 10.5. The highest BCUT2D eigenvalue weighted by Gasteiger charge is 2.09. The summed E-state index contributed by atoms with van der Waals surface area (Å²) in [6.45, 7) is 7.28. The molecule has 1 rings (SSSR count). The zero-order valence-electron chi connectivity index (χ0n) is 8.36. The molecular formula is C9H16N4. The number of hydrogen-bond donors (Lipinski definition) is 1.